The molecule has 0 aromatic carbocycles. The zero-order valence-corrected chi connectivity index (χ0v) is 8.78. The van der Waals surface area contributed by atoms with Gasteiger partial charge >= 0.3 is 0 Å². The first-order valence-electron chi connectivity index (χ1n) is 3.98. The van der Waals surface area contributed by atoms with Crippen molar-refractivity contribution in [1.82, 2.24) is 0 Å². The van der Waals surface area contributed by atoms with Crippen molar-refractivity contribution in [2.75, 3.05) is 5.33 Å². The first-order valence-corrected chi connectivity index (χ1v) is 5.10. The number of hydrogen-bond acceptors (Lipinski definition) is 1. The number of alkyl halides is 1. The number of carbonyl (C=O) groups is 1. The summed E-state index contributed by atoms with van der Waals surface area (Å²) in [6.45, 7) is 3.78. The summed E-state index contributed by atoms with van der Waals surface area (Å²) >= 11 is 3.34. The van der Waals surface area contributed by atoms with Crippen molar-refractivity contribution in [2.45, 2.75) is 33.1 Å². The maximum absolute atomic E-state index is 11.0. The highest BCUT2D eigenvalue weighted by molar-refractivity contribution is 9.09. The van der Waals surface area contributed by atoms with Crippen LogP contribution >= 0.6 is 15.9 Å². The van der Waals surface area contributed by atoms with E-state index in [0.717, 1.165) is 23.7 Å². The van der Waals surface area contributed by atoms with E-state index in [1.165, 1.54) is 0 Å². The smallest absolute Gasteiger partial charge is 0.157 e. The summed E-state index contributed by atoms with van der Waals surface area (Å²) in [5, 5.41) is 1.01. The molecule has 0 rings (SSSR count). The van der Waals surface area contributed by atoms with Gasteiger partial charge in [-0.25, -0.2) is 0 Å². The van der Waals surface area contributed by atoms with E-state index in [1.54, 1.807) is 0 Å². The molecule has 0 radical (unpaired) electrons. The third-order valence-electron chi connectivity index (χ3n) is 1.55. The lowest BCUT2D eigenvalue weighted by Crippen LogP contribution is -1.96. The number of Topliss-reactive ketones (excluding diaryl/α,β-unsaturated/α-hetero) is 1. The van der Waals surface area contributed by atoms with Gasteiger partial charge in [0.15, 0.2) is 5.78 Å². The van der Waals surface area contributed by atoms with Gasteiger partial charge in [0.2, 0.25) is 0 Å². The maximum atomic E-state index is 11.0. The van der Waals surface area contributed by atoms with Crippen LogP contribution < -0.4 is 0 Å². The van der Waals surface area contributed by atoms with Crippen molar-refractivity contribution >= 4 is 21.7 Å². The molecule has 0 aromatic rings. The lowest BCUT2D eigenvalue weighted by Gasteiger charge is -1.95. The van der Waals surface area contributed by atoms with E-state index in [2.05, 4.69) is 15.9 Å². The largest absolute Gasteiger partial charge is 0.295 e. The number of ketones is 1. The fourth-order valence-electron chi connectivity index (χ4n) is 0.788. The molecular formula is C9H15BrO. The van der Waals surface area contributed by atoms with Crippen LogP contribution in [0.1, 0.15) is 33.1 Å². The van der Waals surface area contributed by atoms with E-state index in [-0.39, 0.29) is 5.78 Å². The summed E-state index contributed by atoms with van der Waals surface area (Å²) < 4.78 is 0. The van der Waals surface area contributed by atoms with Crippen molar-refractivity contribution in [3.8, 4) is 0 Å². The van der Waals surface area contributed by atoms with Gasteiger partial charge in [0, 0.05) is 11.8 Å². The summed E-state index contributed by atoms with van der Waals surface area (Å²) in [5.41, 5.74) is 0.911. The fraction of sp³-hybridized carbons (Fsp3) is 0.667. The molecule has 0 atom stereocenters. The molecule has 0 aliphatic heterocycles. The van der Waals surface area contributed by atoms with E-state index < -0.39 is 0 Å². The summed E-state index contributed by atoms with van der Waals surface area (Å²) in [5.74, 6) is 0.263. The summed E-state index contributed by atoms with van der Waals surface area (Å²) in [6.07, 6.45) is 4.75. The van der Waals surface area contributed by atoms with Crippen LogP contribution in [0.3, 0.4) is 0 Å². The highest BCUT2D eigenvalue weighted by atomic mass is 79.9. The first-order chi connectivity index (χ1) is 5.22. The van der Waals surface area contributed by atoms with Crippen molar-refractivity contribution in [2.24, 2.45) is 0 Å². The summed E-state index contributed by atoms with van der Waals surface area (Å²) in [4.78, 5) is 11.0. The molecule has 0 saturated heterocycles. The van der Waals surface area contributed by atoms with Crippen LogP contribution in [0.5, 0.6) is 0 Å². The van der Waals surface area contributed by atoms with E-state index >= 15 is 0 Å². The number of rotatable bonds is 5. The Hall–Kier alpha value is -0.110. The first kappa shape index (κ1) is 10.9. The van der Waals surface area contributed by atoms with Crippen LogP contribution in [0.15, 0.2) is 11.6 Å². The molecule has 0 aliphatic rings. The summed E-state index contributed by atoms with van der Waals surface area (Å²) in [6, 6.07) is 0. The number of hydrogen-bond donors (Lipinski definition) is 0. The number of carbonyl (C=O) groups excluding carboxylic acids is 1. The van der Waals surface area contributed by atoms with Gasteiger partial charge in [-0.3, -0.25) is 4.79 Å². The second-order valence-electron chi connectivity index (χ2n) is 2.50. The van der Waals surface area contributed by atoms with Crippen LogP contribution in [0.25, 0.3) is 0 Å². The maximum Gasteiger partial charge on any atom is 0.157 e. The predicted octanol–water partition coefficient (Wildman–Crippen LogP) is 3.09. The lowest BCUT2D eigenvalue weighted by atomic mass is 10.1. The normalized spacial score (nSPS) is 11.7. The molecule has 11 heavy (non-hydrogen) atoms. The van der Waals surface area contributed by atoms with Crippen LogP contribution in [0.4, 0.5) is 0 Å². The lowest BCUT2D eigenvalue weighted by molar-refractivity contribution is -0.115. The van der Waals surface area contributed by atoms with Gasteiger partial charge < -0.3 is 0 Å². The molecule has 0 saturated carbocycles. The number of unbranched alkanes of at least 4 members (excludes halogenated alkanes) is 1. The average molecular weight is 219 g/mol. The number of allylic oxidation sites excluding steroid dienone is 2. The van der Waals surface area contributed by atoms with E-state index in [9.17, 15) is 4.79 Å². The minimum atomic E-state index is 0.263. The van der Waals surface area contributed by atoms with Crippen LogP contribution in [0.2, 0.25) is 0 Å². The molecule has 0 fully saturated rings. The van der Waals surface area contributed by atoms with Crippen molar-refractivity contribution in [3.05, 3.63) is 11.6 Å². The van der Waals surface area contributed by atoms with Crippen LogP contribution in [-0.4, -0.2) is 11.1 Å². The fourth-order valence-corrected chi connectivity index (χ4v) is 1.11. The van der Waals surface area contributed by atoms with Crippen molar-refractivity contribution in [1.29, 1.82) is 0 Å². The molecule has 0 spiro atoms. The Morgan fingerprint density at radius 2 is 2.18 bits per heavy atom. The van der Waals surface area contributed by atoms with Gasteiger partial charge in [-0.05, 0) is 25.3 Å². The zero-order chi connectivity index (χ0) is 8.69. The van der Waals surface area contributed by atoms with E-state index in [1.807, 2.05) is 19.9 Å². The molecule has 0 N–H and O–H groups in total. The third-order valence-corrected chi connectivity index (χ3v) is 2.11. The molecule has 0 heterocycles. The Balaban J connectivity index is 3.71. The standard InChI is InChI=1S/C9H15BrO/c1-3-9(11)8(2)6-4-5-7-10/h6H,3-5,7H2,1-2H3/b8-6+. The summed E-state index contributed by atoms with van der Waals surface area (Å²) in [7, 11) is 0. The molecular weight excluding hydrogens is 204 g/mol. The van der Waals surface area contributed by atoms with Gasteiger partial charge in [0.25, 0.3) is 0 Å². The average Bonchev–Trinajstić information content (AvgIpc) is 2.03. The van der Waals surface area contributed by atoms with E-state index in [0.29, 0.717) is 6.42 Å². The third kappa shape index (κ3) is 5.19. The van der Waals surface area contributed by atoms with Gasteiger partial charge in [-0.2, -0.15) is 0 Å². The van der Waals surface area contributed by atoms with Crippen LogP contribution in [0, 0.1) is 0 Å². The highest BCUT2D eigenvalue weighted by Crippen LogP contribution is 2.03. The minimum absolute atomic E-state index is 0.263. The molecule has 0 amide bonds. The second-order valence-corrected chi connectivity index (χ2v) is 3.29. The monoisotopic (exact) mass is 218 g/mol. The molecule has 0 bridgehead atoms. The van der Waals surface area contributed by atoms with Gasteiger partial charge in [-0.1, -0.05) is 28.9 Å². The van der Waals surface area contributed by atoms with Gasteiger partial charge in [0.05, 0.1) is 0 Å². The Bertz CT molecular complexity index is 150. The molecule has 64 valence electrons. The predicted molar refractivity (Wildman–Crippen MR) is 52.1 cm³/mol. The topological polar surface area (TPSA) is 17.1 Å². The molecule has 0 aromatic heterocycles. The second kappa shape index (κ2) is 6.59. The Labute approximate surface area is 77.0 Å². The quantitative estimate of drug-likeness (QED) is 0.394. The molecule has 2 heteroatoms. The van der Waals surface area contributed by atoms with E-state index in [4.69, 9.17) is 0 Å². The Kier molecular flexibility index (Phi) is 6.52. The minimum Gasteiger partial charge on any atom is -0.295 e. The number of halogens is 1. The zero-order valence-electron chi connectivity index (χ0n) is 7.19. The molecule has 1 nitrogen and oxygen atoms in total. The van der Waals surface area contributed by atoms with Gasteiger partial charge in [-0.15, -0.1) is 0 Å². The Morgan fingerprint density at radius 3 is 2.64 bits per heavy atom. The molecule has 0 unspecified atom stereocenters. The SMILES string of the molecule is CCC(=O)/C(C)=C/CCCBr. The Morgan fingerprint density at radius 1 is 1.55 bits per heavy atom. The van der Waals surface area contributed by atoms with Crippen LogP contribution in [-0.2, 0) is 4.79 Å². The molecule has 0 aliphatic carbocycles. The van der Waals surface area contributed by atoms with Gasteiger partial charge in [0.1, 0.15) is 0 Å². The van der Waals surface area contributed by atoms with Crippen molar-refractivity contribution in [3.63, 3.8) is 0 Å². The highest BCUT2D eigenvalue weighted by Gasteiger charge is 1.98. The van der Waals surface area contributed by atoms with Crippen molar-refractivity contribution < 1.29 is 4.79 Å².